The molecule has 1 aliphatic carbocycles. The number of likely N-dealkylation sites (N-methyl/N-ethyl adjacent to an activating group) is 1. The summed E-state index contributed by atoms with van der Waals surface area (Å²) in [6.45, 7) is 5.85. The second kappa shape index (κ2) is 6.89. The predicted octanol–water partition coefficient (Wildman–Crippen LogP) is 2.02. The second-order valence-electron chi connectivity index (χ2n) is 5.24. The van der Waals surface area contributed by atoms with Gasteiger partial charge in [-0.25, -0.2) is 0 Å². The van der Waals surface area contributed by atoms with E-state index in [1.54, 1.807) is 0 Å². The first kappa shape index (κ1) is 13.5. The molecule has 0 heterocycles. The van der Waals surface area contributed by atoms with Crippen LogP contribution in [0.2, 0.25) is 0 Å². The summed E-state index contributed by atoms with van der Waals surface area (Å²) in [5, 5.41) is 2.97. The first-order chi connectivity index (χ1) is 7.65. The van der Waals surface area contributed by atoms with Crippen LogP contribution in [0.3, 0.4) is 0 Å². The van der Waals surface area contributed by atoms with Gasteiger partial charge in [0.2, 0.25) is 5.91 Å². The van der Waals surface area contributed by atoms with Crippen molar-refractivity contribution in [1.82, 2.24) is 10.2 Å². The number of hydrogen-bond donors (Lipinski definition) is 1. The van der Waals surface area contributed by atoms with Gasteiger partial charge in [0.1, 0.15) is 0 Å². The van der Waals surface area contributed by atoms with E-state index >= 15 is 0 Å². The molecule has 1 rings (SSSR count). The van der Waals surface area contributed by atoms with Crippen molar-refractivity contribution in [3.05, 3.63) is 0 Å². The third-order valence-electron chi connectivity index (χ3n) is 3.36. The van der Waals surface area contributed by atoms with Crippen LogP contribution in [0, 0.1) is 5.92 Å². The van der Waals surface area contributed by atoms with Gasteiger partial charge in [0.05, 0.1) is 6.54 Å². The zero-order valence-electron chi connectivity index (χ0n) is 11.0. The molecule has 1 fully saturated rings. The molecule has 0 radical (unpaired) electrons. The van der Waals surface area contributed by atoms with Crippen LogP contribution in [0.5, 0.6) is 0 Å². The quantitative estimate of drug-likeness (QED) is 0.751. The summed E-state index contributed by atoms with van der Waals surface area (Å²) >= 11 is 0. The summed E-state index contributed by atoms with van der Waals surface area (Å²) in [6.07, 6.45) is 6.10. The summed E-state index contributed by atoms with van der Waals surface area (Å²) in [5.74, 6) is 0.946. The van der Waals surface area contributed by atoms with E-state index in [9.17, 15) is 4.79 Å². The van der Waals surface area contributed by atoms with Crippen molar-refractivity contribution in [3.8, 4) is 0 Å². The number of carbonyl (C=O) groups excluding carboxylic acids is 1. The highest BCUT2D eigenvalue weighted by Crippen LogP contribution is 2.24. The van der Waals surface area contributed by atoms with Crippen molar-refractivity contribution in [3.63, 3.8) is 0 Å². The Morgan fingerprint density at radius 3 is 2.50 bits per heavy atom. The number of nitrogens with zero attached hydrogens (tertiary/aromatic N) is 1. The summed E-state index contributed by atoms with van der Waals surface area (Å²) in [5.41, 5.74) is 0. The molecule has 3 nitrogen and oxygen atoms in total. The fourth-order valence-electron chi connectivity index (χ4n) is 2.38. The fraction of sp³-hybridized carbons (Fsp3) is 0.923. The van der Waals surface area contributed by atoms with Gasteiger partial charge in [0, 0.05) is 12.6 Å². The SMILES string of the molecule is CNCC(=O)N(CCC(C)C)C1CCCC1. The molecule has 0 unspecified atom stereocenters. The highest BCUT2D eigenvalue weighted by Gasteiger charge is 2.25. The maximum absolute atomic E-state index is 12.0. The lowest BCUT2D eigenvalue weighted by Gasteiger charge is -2.29. The molecule has 0 bridgehead atoms. The minimum absolute atomic E-state index is 0.273. The first-order valence-corrected chi connectivity index (χ1v) is 6.59. The molecule has 0 aromatic heterocycles. The Hall–Kier alpha value is -0.570. The van der Waals surface area contributed by atoms with Crippen molar-refractivity contribution < 1.29 is 4.79 Å². The van der Waals surface area contributed by atoms with Gasteiger partial charge >= 0.3 is 0 Å². The Morgan fingerprint density at radius 2 is 2.00 bits per heavy atom. The lowest BCUT2D eigenvalue weighted by atomic mass is 10.1. The lowest BCUT2D eigenvalue weighted by Crippen LogP contribution is -2.43. The third kappa shape index (κ3) is 4.12. The van der Waals surface area contributed by atoms with Crippen LogP contribution < -0.4 is 5.32 Å². The molecule has 1 saturated carbocycles. The molecular formula is C13H26N2O. The van der Waals surface area contributed by atoms with Gasteiger partial charge in [-0.05, 0) is 32.2 Å². The molecule has 0 aromatic rings. The minimum atomic E-state index is 0.273. The molecule has 94 valence electrons. The van der Waals surface area contributed by atoms with Gasteiger partial charge in [-0.3, -0.25) is 4.79 Å². The Morgan fingerprint density at radius 1 is 1.38 bits per heavy atom. The number of nitrogens with one attached hydrogen (secondary N) is 1. The van der Waals surface area contributed by atoms with E-state index in [1.807, 2.05) is 7.05 Å². The summed E-state index contributed by atoms with van der Waals surface area (Å²) in [6, 6.07) is 0.514. The summed E-state index contributed by atoms with van der Waals surface area (Å²) in [7, 11) is 1.84. The van der Waals surface area contributed by atoms with Crippen molar-refractivity contribution in [2.24, 2.45) is 5.92 Å². The largest absolute Gasteiger partial charge is 0.339 e. The molecule has 0 aromatic carbocycles. The van der Waals surface area contributed by atoms with E-state index in [4.69, 9.17) is 0 Å². The molecule has 3 heteroatoms. The van der Waals surface area contributed by atoms with E-state index in [1.165, 1.54) is 25.7 Å². The van der Waals surface area contributed by atoms with Gasteiger partial charge in [0.15, 0.2) is 0 Å². The zero-order chi connectivity index (χ0) is 12.0. The van der Waals surface area contributed by atoms with Crippen LogP contribution in [-0.4, -0.2) is 37.0 Å². The number of amides is 1. The molecular weight excluding hydrogens is 200 g/mol. The number of carbonyl (C=O) groups is 1. The molecule has 1 amide bonds. The van der Waals surface area contributed by atoms with Gasteiger partial charge in [-0.1, -0.05) is 26.7 Å². The monoisotopic (exact) mass is 226 g/mol. The molecule has 0 aliphatic heterocycles. The van der Waals surface area contributed by atoms with E-state index in [0.717, 1.165) is 13.0 Å². The highest BCUT2D eigenvalue weighted by molar-refractivity contribution is 5.78. The molecule has 0 spiro atoms. The molecule has 0 atom stereocenters. The molecule has 16 heavy (non-hydrogen) atoms. The Kier molecular flexibility index (Phi) is 5.81. The Labute approximate surface area is 99.6 Å². The van der Waals surface area contributed by atoms with Crippen LogP contribution in [0.4, 0.5) is 0 Å². The lowest BCUT2D eigenvalue weighted by molar-refractivity contribution is -0.132. The first-order valence-electron chi connectivity index (χ1n) is 6.59. The normalized spacial score (nSPS) is 17.0. The van der Waals surface area contributed by atoms with Crippen LogP contribution in [0.15, 0.2) is 0 Å². The maximum atomic E-state index is 12.0. The molecule has 0 saturated heterocycles. The topological polar surface area (TPSA) is 32.3 Å². The maximum Gasteiger partial charge on any atom is 0.236 e. The zero-order valence-corrected chi connectivity index (χ0v) is 11.0. The molecule has 1 aliphatic rings. The van der Waals surface area contributed by atoms with Crippen molar-refractivity contribution >= 4 is 5.91 Å². The smallest absolute Gasteiger partial charge is 0.236 e. The van der Waals surface area contributed by atoms with Crippen molar-refractivity contribution in [2.75, 3.05) is 20.1 Å². The summed E-state index contributed by atoms with van der Waals surface area (Å²) in [4.78, 5) is 14.1. The van der Waals surface area contributed by atoms with E-state index < -0.39 is 0 Å². The van der Waals surface area contributed by atoms with Gasteiger partial charge < -0.3 is 10.2 Å². The Balaban J connectivity index is 2.49. The Bertz CT molecular complexity index is 210. The number of rotatable bonds is 6. The summed E-state index contributed by atoms with van der Waals surface area (Å²) < 4.78 is 0. The van der Waals surface area contributed by atoms with Crippen LogP contribution in [0.25, 0.3) is 0 Å². The standard InChI is InChI=1S/C13H26N2O/c1-11(2)8-9-15(13(16)10-14-3)12-6-4-5-7-12/h11-12,14H,4-10H2,1-3H3. The highest BCUT2D eigenvalue weighted by atomic mass is 16.2. The predicted molar refractivity (Wildman–Crippen MR) is 67.4 cm³/mol. The average molecular weight is 226 g/mol. The van der Waals surface area contributed by atoms with Gasteiger partial charge in [-0.2, -0.15) is 0 Å². The third-order valence-corrected chi connectivity index (χ3v) is 3.36. The van der Waals surface area contributed by atoms with Crippen molar-refractivity contribution in [1.29, 1.82) is 0 Å². The molecule has 1 N–H and O–H groups in total. The van der Waals surface area contributed by atoms with Crippen LogP contribution >= 0.6 is 0 Å². The van der Waals surface area contributed by atoms with Crippen molar-refractivity contribution in [2.45, 2.75) is 52.0 Å². The number of hydrogen-bond acceptors (Lipinski definition) is 2. The van der Waals surface area contributed by atoms with E-state index in [-0.39, 0.29) is 5.91 Å². The van der Waals surface area contributed by atoms with Crippen LogP contribution in [0.1, 0.15) is 46.0 Å². The fourth-order valence-corrected chi connectivity index (χ4v) is 2.38. The van der Waals surface area contributed by atoms with Crippen LogP contribution in [-0.2, 0) is 4.79 Å². The minimum Gasteiger partial charge on any atom is -0.339 e. The van der Waals surface area contributed by atoms with Gasteiger partial charge in [0.25, 0.3) is 0 Å². The van der Waals surface area contributed by atoms with Gasteiger partial charge in [-0.15, -0.1) is 0 Å². The average Bonchev–Trinajstić information content (AvgIpc) is 2.71. The van der Waals surface area contributed by atoms with E-state index in [2.05, 4.69) is 24.1 Å². The second-order valence-corrected chi connectivity index (χ2v) is 5.24. The van der Waals surface area contributed by atoms with E-state index in [0.29, 0.717) is 18.5 Å².